The Balaban J connectivity index is 2.07. The summed E-state index contributed by atoms with van der Waals surface area (Å²) in [5.41, 5.74) is 1.95. The molecule has 3 aromatic heterocycles. The fraction of sp³-hybridized carbons (Fsp3) is 0.250. The number of halogens is 3. The van der Waals surface area contributed by atoms with Gasteiger partial charge in [0.25, 0.3) is 0 Å². The Labute approximate surface area is 159 Å². The molecule has 0 N–H and O–H groups in total. The number of nitrogens with zero attached hydrogens (tertiary/aromatic N) is 5. The fourth-order valence-electron chi connectivity index (χ4n) is 3.42. The van der Waals surface area contributed by atoms with Crippen LogP contribution in [-0.2, 0) is 12.7 Å². The highest BCUT2D eigenvalue weighted by molar-refractivity contribution is 5.87. The first-order chi connectivity index (χ1) is 13.3. The van der Waals surface area contributed by atoms with Gasteiger partial charge in [0.15, 0.2) is 5.65 Å². The SMILES string of the molecule is CCn1ncc(-c2cc(C(F)(F)F)c3c(C)nn(-c4ccccc4)c3n2)c1C. The van der Waals surface area contributed by atoms with E-state index in [1.165, 1.54) is 4.68 Å². The molecule has 0 aliphatic carbocycles. The Morgan fingerprint density at radius 1 is 1.07 bits per heavy atom. The molecule has 28 heavy (non-hydrogen) atoms. The molecule has 144 valence electrons. The summed E-state index contributed by atoms with van der Waals surface area (Å²) in [6.45, 7) is 5.94. The van der Waals surface area contributed by atoms with E-state index in [1.807, 2.05) is 32.0 Å². The number of pyridine rings is 1. The van der Waals surface area contributed by atoms with Gasteiger partial charge in [0.1, 0.15) is 0 Å². The van der Waals surface area contributed by atoms with Crippen LogP contribution in [0.15, 0.2) is 42.6 Å². The average molecular weight is 385 g/mol. The molecule has 0 fully saturated rings. The second-order valence-corrected chi connectivity index (χ2v) is 6.54. The zero-order valence-corrected chi connectivity index (χ0v) is 15.6. The largest absolute Gasteiger partial charge is 0.417 e. The van der Waals surface area contributed by atoms with Crippen molar-refractivity contribution in [1.82, 2.24) is 24.5 Å². The Bertz CT molecular complexity index is 1160. The van der Waals surface area contributed by atoms with Gasteiger partial charge in [0.2, 0.25) is 0 Å². The van der Waals surface area contributed by atoms with Crippen molar-refractivity contribution in [1.29, 1.82) is 0 Å². The maximum absolute atomic E-state index is 13.9. The molecule has 0 radical (unpaired) electrons. The summed E-state index contributed by atoms with van der Waals surface area (Å²) in [7, 11) is 0. The van der Waals surface area contributed by atoms with Crippen molar-refractivity contribution >= 4 is 11.0 Å². The van der Waals surface area contributed by atoms with Crippen LogP contribution in [-0.4, -0.2) is 24.5 Å². The highest BCUT2D eigenvalue weighted by atomic mass is 19.4. The lowest BCUT2D eigenvalue weighted by atomic mass is 10.1. The van der Waals surface area contributed by atoms with E-state index < -0.39 is 11.7 Å². The molecule has 5 nitrogen and oxygen atoms in total. The predicted molar refractivity (Wildman–Crippen MR) is 100 cm³/mol. The minimum atomic E-state index is -4.53. The van der Waals surface area contributed by atoms with Crippen molar-refractivity contribution in [3.8, 4) is 16.9 Å². The van der Waals surface area contributed by atoms with Crippen LogP contribution in [0.2, 0.25) is 0 Å². The topological polar surface area (TPSA) is 48.5 Å². The van der Waals surface area contributed by atoms with Crippen LogP contribution in [0.25, 0.3) is 28.0 Å². The smallest absolute Gasteiger partial charge is 0.269 e. The standard InChI is InChI=1S/C20H18F3N5/c1-4-27-13(3)15(11-24-27)17-10-16(20(21,22)23)18-12(2)26-28(19(18)25-17)14-8-6-5-7-9-14/h5-11H,4H2,1-3H3. The number of aromatic nitrogens is 5. The monoisotopic (exact) mass is 385 g/mol. The molecule has 1 aromatic carbocycles. The zero-order valence-electron chi connectivity index (χ0n) is 15.6. The summed E-state index contributed by atoms with van der Waals surface area (Å²) < 4.78 is 44.9. The van der Waals surface area contributed by atoms with E-state index in [0.29, 0.717) is 17.8 Å². The summed E-state index contributed by atoms with van der Waals surface area (Å²) >= 11 is 0. The van der Waals surface area contributed by atoms with Gasteiger partial charge in [-0.1, -0.05) is 18.2 Å². The Morgan fingerprint density at radius 3 is 2.39 bits per heavy atom. The second-order valence-electron chi connectivity index (χ2n) is 6.54. The van der Waals surface area contributed by atoms with Gasteiger partial charge >= 0.3 is 6.18 Å². The Hall–Kier alpha value is -3.16. The van der Waals surface area contributed by atoms with Crippen molar-refractivity contribution in [3.05, 3.63) is 59.5 Å². The van der Waals surface area contributed by atoms with Crippen molar-refractivity contribution in [3.63, 3.8) is 0 Å². The van der Waals surface area contributed by atoms with Crippen molar-refractivity contribution in [2.45, 2.75) is 33.5 Å². The molecule has 0 atom stereocenters. The summed E-state index contributed by atoms with van der Waals surface area (Å²) in [6, 6.07) is 10.1. The first kappa shape index (κ1) is 18.2. The third-order valence-corrected chi connectivity index (χ3v) is 4.80. The molecule has 0 aliphatic heterocycles. The van der Waals surface area contributed by atoms with E-state index in [4.69, 9.17) is 0 Å². The third-order valence-electron chi connectivity index (χ3n) is 4.80. The van der Waals surface area contributed by atoms with E-state index in [1.54, 1.807) is 29.9 Å². The number of hydrogen-bond acceptors (Lipinski definition) is 3. The van der Waals surface area contributed by atoms with Crippen molar-refractivity contribution in [2.24, 2.45) is 0 Å². The molecule has 0 spiro atoms. The van der Waals surface area contributed by atoms with Crippen LogP contribution in [0.4, 0.5) is 13.2 Å². The van der Waals surface area contributed by atoms with Gasteiger partial charge in [0, 0.05) is 17.8 Å². The highest BCUT2D eigenvalue weighted by Gasteiger charge is 2.36. The van der Waals surface area contributed by atoms with Gasteiger partial charge < -0.3 is 0 Å². The molecule has 0 unspecified atom stereocenters. The van der Waals surface area contributed by atoms with Crippen molar-refractivity contribution < 1.29 is 13.2 Å². The maximum Gasteiger partial charge on any atom is 0.417 e. The maximum atomic E-state index is 13.9. The number of aryl methyl sites for hydroxylation is 2. The summed E-state index contributed by atoms with van der Waals surface area (Å²) in [5.74, 6) is 0. The number of para-hydroxylation sites is 1. The molecule has 3 heterocycles. The molecule has 0 saturated heterocycles. The van der Waals surface area contributed by atoms with Gasteiger partial charge in [0.05, 0.1) is 34.2 Å². The number of alkyl halides is 3. The first-order valence-electron chi connectivity index (χ1n) is 8.87. The predicted octanol–water partition coefficient (Wildman–Crippen LogP) is 4.94. The quantitative estimate of drug-likeness (QED) is 0.502. The van der Waals surface area contributed by atoms with Gasteiger partial charge in [-0.05, 0) is 39.0 Å². The molecule has 0 aliphatic rings. The molecular weight excluding hydrogens is 367 g/mol. The number of fused-ring (bicyclic) bond motifs is 1. The molecule has 8 heteroatoms. The normalized spacial score (nSPS) is 12.1. The number of rotatable bonds is 3. The highest BCUT2D eigenvalue weighted by Crippen LogP contribution is 2.39. The summed E-state index contributed by atoms with van der Waals surface area (Å²) in [4.78, 5) is 4.57. The fourth-order valence-corrected chi connectivity index (χ4v) is 3.42. The van der Waals surface area contributed by atoms with Crippen LogP contribution in [0.5, 0.6) is 0 Å². The molecule has 4 rings (SSSR count). The van der Waals surface area contributed by atoms with Gasteiger partial charge in [-0.2, -0.15) is 23.4 Å². The number of benzene rings is 1. The van der Waals surface area contributed by atoms with Crippen LogP contribution in [0.1, 0.15) is 23.9 Å². The summed E-state index contributed by atoms with van der Waals surface area (Å²) in [6.07, 6.45) is -2.97. The lowest BCUT2D eigenvalue weighted by Gasteiger charge is -2.12. The van der Waals surface area contributed by atoms with E-state index >= 15 is 0 Å². The van der Waals surface area contributed by atoms with Gasteiger partial charge in [-0.15, -0.1) is 0 Å². The van der Waals surface area contributed by atoms with Gasteiger partial charge in [-0.25, -0.2) is 9.67 Å². The Kier molecular flexibility index (Phi) is 4.21. The molecule has 0 bridgehead atoms. The van der Waals surface area contributed by atoms with E-state index in [0.717, 1.165) is 11.8 Å². The van der Waals surface area contributed by atoms with E-state index in [2.05, 4.69) is 15.2 Å². The van der Waals surface area contributed by atoms with Crippen LogP contribution >= 0.6 is 0 Å². The van der Waals surface area contributed by atoms with Crippen LogP contribution < -0.4 is 0 Å². The lowest BCUT2D eigenvalue weighted by molar-refractivity contribution is -0.136. The second kappa shape index (κ2) is 6.47. The van der Waals surface area contributed by atoms with Gasteiger partial charge in [-0.3, -0.25) is 4.68 Å². The molecule has 0 amide bonds. The molecule has 0 saturated carbocycles. The third kappa shape index (κ3) is 2.85. The number of hydrogen-bond donors (Lipinski definition) is 0. The summed E-state index contributed by atoms with van der Waals surface area (Å²) in [5, 5.41) is 8.60. The van der Waals surface area contributed by atoms with E-state index in [9.17, 15) is 13.2 Å². The van der Waals surface area contributed by atoms with Crippen LogP contribution in [0.3, 0.4) is 0 Å². The average Bonchev–Trinajstić information content (AvgIpc) is 3.21. The molecule has 4 aromatic rings. The Morgan fingerprint density at radius 2 is 1.79 bits per heavy atom. The van der Waals surface area contributed by atoms with Crippen LogP contribution in [0, 0.1) is 13.8 Å². The van der Waals surface area contributed by atoms with E-state index in [-0.39, 0.29) is 22.4 Å². The van der Waals surface area contributed by atoms with Crippen molar-refractivity contribution in [2.75, 3.05) is 0 Å². The minimum absolute atomic E-state index is 0.0145. The first-order valence-corrected chi connectivity index (χ1v) is 8.87. The lowest BCUT2D eigenvalue weighted by Crippen LogP contribution is -2.08. The zero-order chi connectivity index (χ0) is 20.1. The molecular formula is C20H18F3N5. The minimum Gasteiger partial charge on any atom is -0.269 e.